The first-order chi connectivity index (χ1) is 15.9. The van der Waals surface area contributed by atoms with Gasteiger partial charge in [-0.25, -0.2) is 0 Å². The maximum absolute atomic E-state index is 13.1. The van der Waals surface area contributed by atoms with Crippen LogP contribution in [0.15, 0.2) is 54.6 Å². The van der Waals surface area contributed by atoms with Crippen molar-refractivity contribution in [3.05, 3.63) is 59.5 Å². The molecule has 0 bridgehead atoms. The topological polar surface area (TPSA) is 93.7 Å². The highest BCUT2D eigenvalue weighted by Gasteiger charge is 2.30. The summed E-state index contributed by atoms with van der Waals surface area (Å²) in [6.07, 6.45) is 0.434. The number of rotatable bonds is 6. The summed E-state index contributed by atoms with van der Waals surface area (Å²) in [5.41, 5.74) is 0. The lowest BCUT2D eigenvalue weighted by Crippen LogP contribution is -2.54. The summed E-state index contributed by atoms with van der Waals surface area (Å²) in [6, 6.07) is 15.0. The lowest BCUT2D eigenvalue weighted by molar-refractivity contribution is -0.131. The predicted octanol–water partition coefficient (Wildman–Crippen LogP) is 3.57. The number of thiophene rings is 1. The van der Waals surface area contributed by atoms with Crippen LogP contribution in [0.1, 0.15) is 29.9 Å². The quantitative estimate of drug-likeness (QED) is 0.579. The van der Waals surface area contributed by atoms with Crippen LogP contribution in [0.2, 0.25) is 0 Å². The third-order valence-electron chi connectivity index (χ3n) is 5.31. The van der Waals surface area contributed by atoms with Crippen LogP contribution >= 0.6 is 11.3 Å². The minimum Gasteiger partial charge on any atom is -0.487 e. The van der Waals surface area contributed by atoms with E-state index < -0.39 is 18.0 Å². The van der Waals surface area contributed by atoms with Crippen molar-refractivity contribution in [3.63, 3.8) is 0 Å². The number of ether oxygens (including phenoxy) is 2. The van der Waals surface area contributed by atoms with E-state index in [9.17, 15) is 14.4 Å². The molecule has 0 saturated carbocycles. The molecule has 3 aromatic rings. The first-order valence-electron chi connectivity index (χ1n) is 10.9. The average molecular weight is 467 g/mol. The molecule has 2 heterocycles. The third-order valence-corrected chi connectivity index (χ3v) is 6.42. The Morgan fingerprint density at radius 2 is 1.76 bits per heavy atom. The summed E-state index contributed by atoms with van der Waals surface area (Å²) >= 11 is 1.38. The smallest absolute Gasteiger partial charge is 0.262 e. The molecule has 8 heteroatoms. The van der Waals surface area contributed by atoms with Crippen molar-refractivity contribution in [1.82, 2.24) is 10.6 Å². The Labute approximate surface area is 196 Å². The van der Waals surface area contributed by atoms with Gasteiger partial charge in [-0.15, -0.1) is 11.3 Å². The highest BCUT2D eigenvalue weighted by atomic mass is 32.1. The Balaban J connectivity index is 1.45. The minimum absolute atomic E-state index is 0.0103. The lowest BCUT2D eigenvalue weighted by Gasteiger charge is -2.25. The molecule has 7 nitrogen and oxygen atoms in total. The number of nitrogens with one attached hydrogen (secondary N) is 2. The molecule has 0 saturated heterocycles. The predicted molar refractivity (Wildman–Crippen MR) is 127 cm³/mol. The molecule has 2 aromatic carbocycles. The largest absolute Gasteiger partial charge is 0.487 e. The second-order valence-electron chi connectivity index (χ2n) is 8.38. The van der Waals surface area contributed by atoms with E-state index in [0.717, 1.165) is 10.1 Å². The molecule has 0 spiro atoms. The Morgan fingerprint density at radius 3 is 2.48 bits per heavy atom. The molecule has 4 rings (SSSR count). The number of para-hydroxylation sites is 2. The third kappa shape index (κ3) is 5.51. The van der Waals surface area contributed by atoms with Gasteiger partial charge in [0.25, 0.3) is 5.91 Å². The Morgan fingerprint density at radius 1 is 1.06 bits per heavy atom. The van der Waals surface area contributed by atoms with Gasteiger partial charge in [-0.2, -0.15) is 0 Å². The number of ketones is 1. The van der Waals surface area contributed by atoms with Crippen molar-refractivity contribution >= 4 is 39.0 Å². The normalized spacial score (nSPS) is 16.7. The fourth-order valence-corrected chi connectivity index (χ4v) is 4.59. The molecule has 33 heavy (non-hydrogen) atoms. The van der Waals surface area contributed by atoms with Gasteiger partial charge >= 0.3 is 0 Å². The Hall–Kier alpha value is -3.39. The van der Waals surface area contributed by atoms with Gasteiger partial charge in [0.1, 0.15) is 25.3 Å². The molecule has 2 atom stereocenters. The number of benzene rings is 2. The van der Waals surface area contributed by atoms with Crippen LogP contribution in [-0.4, -0.2) is 42.9 Å². The van der Waals surface area contributed by atoms with E-state index in [2.05, 4.69) is 10.6 Å². The van der Waals surface area contributed by atoms with E-state index in [4.69, 9.17) is 9.47 Å². The van der Waals surface area contributed by atoms with Crippen molar-refractivity contribution in [2.24, 2.45) is 5.92 Å². The molecule has 0 fully saturated rings. The fraction of sp³-hybridized carbons (Fsp3) is 0.320. The number of fused-ring (bicyclic) bond motifs is 2. The zero-order chi connectivity index (χ0) is 23.4. The summed E-state index contributed by atoms with van der Waals surface area (Å²) in [7, 11) is 0. The number of hydrogen-bond acceptors (Lipinski definition) is 6. The summed E-state index contributed by atoms with van der Waals surface area (Å²) in [5, 5.41) is 6.58. The number of carbonyl (C=O) groups excluding carboxylic acids is 3. The van der Waals surface area contributed by atoms with Gasteiger partial charge in [0.15, 0.2) is 17.3 Å². The monoisotopic (exact) mass is 466 g/mol. The van der Waals surface area contributed by atoms with Crippen LogP contribution in [0.25, 0.3) is 10.1 Å². The SMILES string of the molecule is CC(C)C[C@H](NC(=O)c1cc2ccccc2s1)C(=O)NC1COc2ccccc2OCC1=O. The summed E-state index contributed by atoms with van der Waals surface area (Å²) in [5.74, 6) is 0.133. The first-order valence-corrected chi connectivity index (χ1v) is 11.7. The van der Waals surface area contributed by atoms with Crippen LogP contribution in [0.5, 0.6) is 11.5 Å². The van der Waals surface area contributed by atoms with Gasteiger partial charge in [-0.05, 0) is 42.0 Å². The molecule has 1 unspecified atom stereocenters. The van der Waals surface area contributed by atoms with Gasteiger partial charge in [0, 0.05) is 4.70 Å². The number of hydrogen-bond donors (Lipinski definition) is 2. The fourth-order valence-electron chi connectivity index (χ4n) is 3.62. The van der Waals surface area contributed by atoms with Crippen molar-refractivity contribution in [2.75, 3.05) is 13.2 Å². The zero-order valence-electron chi connectivity index (χ0n) is 18.5. The number of Topliss-reactive ketones (excluding diaryl/α,β-unsaturated/α-hetero) is 1. The second-order valence-corrected chi connectivity index (χ2v) is 9.46. The molecule has 2 N–H and O–H groups in total. The van der Waals surface area contributed by atoms with E-state index in [1.165, 1.54) is 11.3 Å². The van der Waals surface area contributed by atoms with E-state index in [1.807, 2.05) is 44.2 Å². The standard InChI is InChI=1S/C25H26N2O5S/c1-15(2)11-17(26-25(30)23-12-16-7-3-6-10-22(16)33-23)24(29)27-18-13-31-20-8-4-5-9-21(20)32-14-19(18)28/h3-10,12,15,17-18H,11,13-14H2,1-2H3,(H,26,30)(H,27,29)/t17-,18?/m0/s1. The maximum atomic E-state index is 13.1. The van der Waals surface area contributed by atoms with Crippen molar-refractivity contribution < 1.29 is 23.9 Å². The van der Waals surface area contributed by atoms with E-state index in [1.54, 1.807) is 24.3 Å². The Bertz CT molecular complexity index is 1140. The summed E-state index contributed by atoms with van der Waals surface area (Å²) in [4.78, 5) is 39.1. The van der Waals surface area contributed by atoms with E-state index in [-0.39, 0.29) is 30.8 Å². The molecule has 1 aliphatic heterocycles. The van der Waals surface area contributed by atoms with E-state index in [0.29, 0.717) is 22.8 Å². The highest BCUT2D eigenvalue weighted by Crippen LogP contribution is 2.28. The van der Waals surface area contributed by atoms with Gasteiger partial charge in [0.2, 0.25) is 5.91 Å². The minimum atomic E-state index is -0.873. The average Bonchev–Trinajstić information content (AvgIpc) is 3.23. The van der Waals surface area contributed by atoms with Gasteiger partial charge < -0.3 is 20.1 Å². The van der Waals surface area contributed by atoms with Crippen molar-refractivity contribution in [2.45, 2.75) is 32.4 Å². The van der Waals surface area contributed by atoms with Crippen LogP contribution < -0.4 is 20.1 Å². The van der Waals surface area contributed by atoms with Gasteiger partial charge in [-0.3, -0.25) is 14.4 Å². The molecular weight excluding hydrogens is 440 g/mol. The molecule has 1 aliphatic rings. The van der Waals surface area contributed by atoms with Crippen LogP contribution in [-0.2, 0) is 9.59 Å². The Kier molecular flexibility index (Phi) is 6.93. The highest BCUT2D eigenvalue weighted by molar-refractivity contribution is 7.20. The zero-order valence-corrected chi connectivity index (χ0v) is 19.3. The molecule has 0 aliphatic carbocycles. The van der Waals surface area contributed by atoms with Crippen LogP contribution in [0.4, 0.5) is 0 Å². The van der Waals surface area contributed by atoms with Crippen LogP contribution in [0, 0.1) is 5.92 Å². The van der Waals surface area contributed by atoms with Crippen molar-refractivity contribution in [1.29, 1.82) is 0 Å². The van der Waals surface area contributed by atoms with Crippen molar-refractivity contribution in [3.8, 4) is 11.5 Å². The molecule has 172 valence electrons. The number of carbonyl (C=O) groups is 3. The summed E-state index contributed by atoms with van der Waals surface area (Å²) in [6.45, 7) is 3.76. The molecular formula is C25H26N2O5S. The molecule has 2 amide bonds. The lowest BCUT2D eigenvalue weighted by atomic mass is 10.0. The second kappa shape index (κ2) is 10.0. The van der Waals surface area contributed by atoms with Crippen LogP contribution in [0.3, 0.4) is 0 Å². The maximum Gasteiger partial charge on any atom is 0.262 e. The number of amides is 2. The molecule has 0 radical (unpaired) electrons. The van der Waals surface area contributed by atoms with E-state index >= 15 is 0 Å². The molecule has 1 aromatic heterocycles. The first kappa shape index (κ1) is 22.8. The van der Waals surface area contributed by atoms with Gasteiger partial charge in [0.05, 0.1) is 4.88 Å². The van der Waals surface area contributed by atoms with Gasteiger partial charge in [-0.1, -0.05) is 44.2 Å². The summed E-state index contributed by atoms with van der Waals surface area (Å²) < 4.78 is 12.3.